The van der Waals surface area contributed by atoms with Gasteiger partial charge in [-0.1, -0.05) is 30.3 Å². The van der Waals surface area contributed by atoms with Crippen molar-refractivity contribution >= 4 is 0 Å². The molecular weight excluding hydrogens is 193 g/mol. The fourth-order valence-corrected chi connectivity index (χ4v) is 1.10. The van der Waals surface area contributed by atoms with Crippen LogP contribution in [0.25, 0.3) is 0 Å². The molecule has 1 atom stereocenters. The SMILES string of the molecule is OC(C=CF)(c1ccccc1)C(F)F. The van der Waals surface area contributed by atoms with E-state index in [1.54, 1.807) is 6.07 Å². The third kappa shape index (κ3) is 1.96. The van der Waals surface area contributed by atoms with Crippen molar-refractivity contribution in [3.05, 3.63) is 48.3 Å². The summed E-state index contributed by atoms with van der Waals surface area (Å²) < 4.78 is 36.8. The summed E-state index contributed by atoms with van der Waals surface area (Å²) in [5, 5.41) is 9.48. The number of hydrogen-bond donors (Lipinski definition) is 1. The van der Waals surface area contributed by atoms with Crippen LogP contribution in [0.5, 0.6) is 0 Å². The highest BCUT2D eigenvalue weighted by Crippen LogP contribution is 2.29. The Labute approximate surface area is 79.5 Å². The molecule has 0 radical (unpaired) electrons. The maximum absolute atomic E-state index is 12.5. The molecule has 1 unspecified atom stereocenters. The molecule has 0 heterocycles. The van der Waals surface area contributed by atoms with Gasteiger partial charge in [0.25, 0.3) is 6.43 Å². The molecule has 1 nitrogen and oxygen atoms in total. The standard InChI is InChI=1S/C10H9F3O/c11-7-6-10(14,9(12)13)8-4-2-1-3-5-8/h1-7,9,14H. The van der Waals surface area contributed by atoms with Gasteiger partial charge >= 0.3 is 0 Å². The second-order valence-electron chi connectivity index (χ2n) is 2.78. The summed E-state index contributed by atoms with van der Waals surface area (Å²) in [5.41, 5.74) is -2.58. The highest BCUT2D eigenvalue weighted by atomic mass is 19.3. The minimum absolute atomic E-state index is 0.0381. The van der Waals surface area contributed by atoms with Crippen LogP contribution < -0.4 is 0 Å². The smallest absolute Gasteiger partial charge is 0.274 e. The van der Waals surface area contributed by atoms with E-state index in [9.17, 15) is 18.3 Å². The van der Waals surface area contributed by atoms with Gasteiger partial charge in [0.15, 0.2) is 5.60 Å². The Kier molecular flexibility index (Phi) is 3.30. The monoisotopic (exact) mass is 202 g/mol. The lowest BCUT2D eigenvalue weighted by Crippen LogP contribution is -2.31. The third-order valence-corrected chi connectivity index (χ3v) is 1.89. The van der Waals surface area contributed by atoms with Gasteiger partial charge in [-0.3, -0.25) is 0 Å². The van der Waals surface area contributed by atoms with E-state index >= 15 is 0 Å². The molecule has 1 N–H and O–H groups in total. The van der Waals surface area contributed by atoms with Gasteiger partial charge < -0.3 is 5.11 Å². The van der Waals surface area contributed by atoms with Crippen LogP contribution in [0.4, 0.5) is 13.2 Å². The topological polar surface area (TPSA) is 20.2 Å². The Morgan fingerprint density at radius 2 is 1.79 bits per heavy atom. The van der Waals surface area contributed by atoms with Gasteiger partial charge in [0, 0.05) is 0 Å². The van der Waals surface area contributed by atoms with E-state index in [4.69, 9.17) is 0 Å². The molecule has 4 heteroatoms. The van der Waals surface area contributed by atoms with Crippen molar-refractivity contribution in [2.75, 3.05) is 0 Å². The Balaban J connectivity index is 3.12. The first-order chi connectivity index (χ1) is 6.61. The number of halogens is 3. The lowest BCUT2D eigenvalue weighted by molar-refractivity contribution is -0.0668. The van der Waals surface area contributed by atoms with Crippen molar-refractivity contribution in [2.45, 2.75) is 12.0 Å². The van der Waals surface area contributed by atoms with Crippen LogP contribution in [-0.4, -0.2) is 11.5 Å². The van der Waals surface area contributed by atoms with Gasteiger partial charge in [0.2, 0.25) is 0 Å². The summed E-state index contributed by atoms with van der Waals surface area (Å²) in [6.07, 6.45) is -2.72. The molecule has 1 aromatic rings. The van der Waals surface area contributed by atoms with Crippen LogP contribution in [0, 0.1) is 0 Å². The summed E-state index contributed by atoms with van der Waals surface area (Å²) in [5.74, 6) is 0. The van der Waals surface area contributed by atoms with Gasteiger partial charge in [-0.15, -0.1) is 0 Å². The second kappa shape index (κ2) is 4.28. The van der Waals surface area contributed by atoms with E-state index in [1.807, 2.05) is 0 Å². The van der Waals surface area contributed by atoms with Gasteiger partial charge in [-0.25, -0.2) is 13.2 Å². The minimum Gasteiger partial charge on any atom is -0.375 e. The number of rotatable bonds is 3. The van der Waals surface area contributed by atoms with E-state index < -0.39 is 12.0 Å². The lowest BCUT2D eigenvalue weighted by Gasteiger charge is -2.23. The van der Waals surface area contributed by atoms with E-state index in [0.29, 0.717) is 6.08 Å². The maximum Gasteiger partial charge on any atom is 0.274 e. The van der Waals surface area contributed by atoms with Crippen molar-refractivity contribution in [3.63, 3.8) is 0 Å². The first kappa shape index (κ1) is 10.8. The lowest BCUT2D eigenvalue weighted by atomic mass is 9.94. The van der Waals surface area contributed by atoms with E-state index in [0.717, 1.165) is 0 Å². The van der Waals surface area contributed by atoms with Crippen LogP contribution in [0.1, 0.15) is 5.56 Å². The molecule has 0 saturated heterocycles. The average Bonchev–Trinajstić information content (AvgIpc) is 2.19. The molecule has 0 aliphatic heterocycles. The average molecular weight is 202 g/mol. The summed E-state index contributed by atoms with van der Waals surface area (Å²) in [6.45, 7) is 0. The molecule has 76 valence electrons. The Bertz CT molecular complexity index is 310. The third-order valence-electron chi connectivity index (χ3n) is 1.89. The molecule has 0 aliphatic rings. The van der Waals surface area contributed by atoms with Gasteiger partial charge in [0.05, 0.1) is 6.33 Å². The van der Waals surface area contributed by atoms with Gasteiger partial charge in [-0.05, 0) is 11.6 Å². The zero-order chi connectivity index (χ0) is 10.6. The molecule has 0 amide bonds. The van der Waals surface area contributed by atoms with Crippen molar-refractivity contribution in [1.82, 2.24) is 0 Å². The van der Waals surface area contributed by atoms with Gasteiger partial charge in [0.1, 0.15) is 0 Å². The second-order valence-corrected chi connectivity index (χ2v) is 2.78. The quantitative estimate of drug-likeness (QED) is 0.798. The Morgan fingerprint density at radius 3 is 2.21 bits per heavy atom. The van der Waals surface area contributed by atoms with Crippen molar-refractivity contribution < 1.29 is 18.3 Å². The van der Waals surface area contributed by atoms with Crippen molar-refractivity contribution in [3.8, 4) is 0 Å². The fraction of sp³-hybridized carbons (Fsp3) is 0.200. The number of alkyl halides is 2. The molecule has 0 fully saturated rings. The first-order valence-electron chi connectivity index (χ1n) is 3.95. The van der Waals surface area contributed by atoms with Crippen LogP contribution in [-0.2, 0) is 5.60 Å². The van der Waals surface area contributed by atoms with Crippen LogP contribution >= 0.6 is 0 Å². The number of hydrogen-bond acceptors (Lipinski definition) is 1. The van der Waals surface area contributed by atoms with Crippen molar-refractivity contribution in [1.29, 1.82) is 0 Å². The molecule has 1 aromatic carbocycles. The predicted octanol–water partition coefficient (Wildman–Crippen LogP) is 2.62. The van der Waals surface area contributed by atoms with Gasteiger partial charge in [-0.2, -0.15) is 0 Å². The predicted molar refractivity (Wildman–Crippen MR) is 46.6 cm³/mol. The summed E-state index contributed by atoms with van der Waals surface area (Å²) >= 11 is 0. The Hall–Kier alpha value is -1.29. The first-order valence-corrected chi connectivity index (χ1v) is 3.95. The fourth-order valence-electron chi connectivity index (χ4n) is 1.10. The molecule has 1 rings (SSSR count). The summed E-state index contributed by atoms with van der Waals surface area (Å²) in [6, 6.07) is 7.23. The van der Waals surface area contributed by atoms with Crippen LogP contribution in [0.15, 0.2) is 42.7 Å². The summed E-state index contributed by atoms with van der Waals surface area (Å²) in [7, 11) is 0. The molecule has 0 saturated carbocycles. The minimum atomic E-state index is -3.07. The van der Waals surface area contributed by atoms with Crippen molar-refractivity contribution in [2.24, 2.45) is 0 Å². The maximum atomic E-state index is 12.5. The Morgan fingerprint density at radius 1 is 1.21 bits per heavy atom. The highest BCUT2D eigenvalue weighted by Gasteiger charge is 2.36. The van der Waals surface area contributed by atoms with Crippen LogP contribution in [0.2, 0.25) is 0 Å². The van der Waals surface area contributed by atoms with Crippen LogP contribution in [0.3, 0.4) is 0 Å². The zero-order valence-corrected chi connectivity index (χ0v) is 7.20. The summed E-state index contributed by atoms with van der Waals surface area (Å²) in [4.78, 5) is 0. The normalized spacial score (nSPS) is 16.1. The largest absolute Gasteiger partial charge is 0.375 e. The van der Waals surface area contributed by atoms with E-state index in [2.05, 4.69) is 0 Å². The molecule has 0 aliphatic carbocycles. The highest BCUT2D eigenvalue weighted by molar-refractivity contribution is 5.27. The molecule has 0 bridgehead atoms. The molecule has 0 aromatic heterocycles. The molecule has 0 spiro atoms. The van der Waals surface area contributed by atoms with E-state index in [1.165, 1.54) is 24.3 Å². The zero-order valence-electron chi connectivity index (χ0n) is 7.20. The molecule has 14 heavy (non-hydrogen) atoms. The molecular formula is C10H9F3O. The van der Waals surface area contributed by atoms with E-state index in [-0.39, 0.29) is 11.9 Å². The number of aliphatic hydroxyl groups is 1. The number of benzene rings is 1.